The fourth-order valence-corrected chi connectivity index (χ4v) is 4.43. The first-order valence-electron chi connectivity index (χ1n) is 8.59. The van der Waals surface area contributed by atoms with E-state index < -0.39 is 0 Å². The van der Waals surface area contributed by atoms with Crippen LogP contribution in [0.25, 0.3) is 0 Å². The van der Waals surface area contributed by atoms with Crippen molar-refractivity contribution < 1.29 is 9.59 Å². The Morgan fingerprint density at radius 1 is 1.32 bits per heavy atom. The number of likely N-dealkylation sites (tertiary alicyclic amines) is 1. The highest BCUT2D eigenvalue weighted by Gasteiger charge is 2.32. The third-order valence-electron chi connectivity index (χ3n) is 4.91. The van der Waals surface area contributed by atoms with E-state index in [0.29, 0.717) is 18.8 Å². The summed E-state index contributed by atoms with van der Waals surface area (Å²) in [5, 5.41) is 11.5. The maximum Gasteiger partial charge on any atom is 0.320 e. The van der Waals surface area contributed by atoms with Gasteiger partial charge in [0.15, 0.2) is 0 Å². The molecule has 1 fully saturated rings. The molecule has 0 spiro atoms. The molecule has 0 saturated carbocycles. The Morgan fingerprint density at radius 2 is 2.24 bits per heavy atom. The van der Waals surface area contributed by atoms with Crippen LogP contribution < -0.4 is 5.32 Å². The van der Waals surface area contributed by atoms with Gasteiger partial charge in [-0.05, 0) is 36.3 Å². The minimum Gasteiger partial charge on any atom is -0.324 e. The molecular weight excluding hydrogens is 338 g/mol. The van der Waals surface area contributed by atoms with Crippen molar-refractivity contribution in [1.82, 2.24) is 20.0 Å². The molecule has 0 bridgehead atoms. The minimum atomic E-state index is -0.172. The quantitative estimate of drug-likeness (QED) is 0.863. The molecule has 2 aliphatic heterocycles. The number of H-pyrrole nitrogens is 1. The van der Waals surface area contributed by atoms with E-state index in [1.165, 1.54) is 10.4 Å². The molecule has 1 unspecified atom stereocenters. The molecule has 25 heavy (non-hydrogen) atoms. The number of nitrogens with one attached hydrogen (secondary N) is 2. The molecule has 4 rings (SSSR count). The number of thiophene rings is 1. The van der Waals surface area contributed by atoms with Gasteiger partial charge in [0, 0.05) is 37.3 Å². The number of hydrogen-bond donors (Lipinski definition) is 2. The zero-order chi connectivity index (χ0) is 17.2. The fraction of sp³-hybridized carbons (Fsp3) is 0.471. The number of amides is 3. The number of piperidine rings is 1. The number of nitrogens with zero attached hydrogens (tertiary/aromatic N) is 3. The molecule has 1 saturated heterocycles. The zero-order valence-electron chi connectivity index (χ0n) is 13.9. The summed E-state index contributed by atoms with van der Waals surface area (Å²) in [7, 11) is 0. The van der Waals surface area contributed by atoms with Crippen LogP contribution in [0.15, 0.2) is 23.8 Å². The Hall–Kier alpha value is -2.35. The molecule has 2 aromatic rings. The van der Waals surface area contributed by atoms with Crippen LogP contribution in [0.4, 0.5) is 10.5 Å². The molecule has 3 amide bonds. The largest absolute Gasteiger partial charge is 0.324 e. The van der Waals surface area contributed by atoms with Crippen molar-refractivity contribution in [2.24, 2.45) is 5.92 Å². The first kappa shape index (κ1) is 16.1. The van der Waals surface area contributed by atoms with Crippen LogP contribution in [0.2, 0.25) is 0 Å². The molecule has 2 aromatic heterocycles. The van der Waals surface area contributed by atoms with Crippen LogP contribution >= 0.6 is 11.3 Å². The van der Waals surface area contributed by atoms with Gasteiger partial charge in [-0.1, -0.05) is 0 Å². The van der Waals surface area contributed by atoms with Crippen LogP contribution in [0.3, 0.4) is 0 Å². The maximum atomic E-state index is 12.9. The van der Waals surface area contributed by atoms with Crippen LogP contribution in [0.5, 0.6) is 0 Å². The molecule has 2 N–H and O–H groups in total. The number of fused-ring (bicyclic) bond motifs is 1. The molecule has 0 aromatic carbocycles. The predicted molar refractivity (Wildman–Crippen MR) is 95.3 cm³/mol. The number of urea groups is 1. The van der Waals surface area contributed by atoms with Gasteiger partial charge in [-0.3, -0.25) is 9.89 Å². The number of rotatable bonds is 2. The Balaban J connectivity index is 1.37. The summed E-state index contributed by atoms with van der Waals surface area (Å²) in [5.41, 5.74) is 1.92. The maximum absolute atomic E-state index is 12.9. The molecular formula is C17H21N5O2S. The molecule has 2 aliphatic rings. The molecule has 8 heteroatoms. The van der Waals surface area contributed by atoms with E-state index >= 15 is 0 Å². The van der Waals surface area contributed by atoms with Crippen LogP contribution in [0.1, 0.15) is 23.3 Å². The van der Waals surface area contributed by atoms with Gasteiger partial charge in [0.2, 0.25) is 5.91 Å². The van der Waals surface area contributed by atoms with Crippen molar-refractivity contribution in [2.45, 2.75) is 25.8 Å². The summed E-state index contributed by atoms with van der Waals surface area (Å²) in [5.74, 6) is -0.216. The van der Waals surface area contributed by atoms with Crippen molar-refractivity contribution >= 4 is 29.0 Å². The average Bonchev–Trinajstić information content (AvgIpc) is 3.32. The molecule has 0 radical (unpaired) electrons. The Labute approximate surface area is 150 Å². The van der Waals surface area contributed by atoms with Crippen molar-refractivity contribution in [3.05, 3.63) is 34.3 Å². The first-order chi connectivity index (χ1) is 12.2. The second-order valence-corrected chi connectivity index (χ2v) is 7.59. The van der Waals surface area contributed by atoms with Gasteiger partial charge in [0.25, 0.3) is 0 Å². The Kier molecular flexibility index (Phi) is 4.44. The molecule has 132 valence electrons. The number of hydrogen-bond acceptors (Lipinski definition) is 4. The monoisotopic (exact) mass is 359 g/mol. The first-order valence-corrected chi connectivity index (χ1v) is 9.47. The van der Waals surface area contributed by atoms with Crippen LogP contribution in [-0.4, -0.2) is 51.6 Å². The van der Waals surface area contributed by atoms with E-state index in [-0.39, 0.29) is 17.9 Å². The third kappa shape index (κ3) is 3.39. The lowest BCUT2D eigenvalue weighted by Crippen LogP contribution is -2.50. The summed E-state index contributed by atoms with van der Waals surface area (Å²) in [6.45, 7) is 2.64. The summed E-state index contributed by atoms with van der Waals surface area (Å²) < 4.78 is 0. The summed E-state index contributed by atoms with van der Waals surface area (Å²) in [4.78, 5) is 30.4. The summed E-state index contributed by atoms with van der Waals surface area (Å²) in [6, 6.07) is 2.16. The topological polar surface area (TPSA) is 81.3 Å². The molecule has 0 aliphatic carbocycles. The average molecular weight is 359 g/mol. The molecule has 1 atom stereocenters. The van der Waals surface area contributed by atoms with Crippen LogP contribution in [0, 0.1) is 5.92 Å². The standard InChI is InChI=1S/C17H21N5O2S/c23-16(20-14-8-18-19-9-14)13-2-1-5-21(11-13)17(24)22-6-3-15-12(10-22)4-7-25-15/h4,7-9,13H,1-3,5-6,10-11H2,(H,18,19)(H,20,23). The second-order valence-electron chi connectivity index (χ2n) is 6.58. The normalized spacial score (nSPS) is 20.2. The van der Waals surface area contributed by atoms with E-state index in [1.54, 1.807) is 23.7 Å². The van der Waals surface area contributed by atoms with Gasteiger partial charge in [-0.15, -0.1) is 11.3 Å². The second kappa shape index (κ2) is 6.87. The summed E-state index contributed by atoms with van der Waals surface area (Å²) >= 11 is 1.77. The van der Waals surface area contributed by atoms with Gasteiger partial charge >= 0.3 is 6.03 Å². The summed E-state index contributed by atoms with van der Waals surface area (Å²) in [6.07, 6.45) is 5.82. The number of carbonyl (C=O) groups excluding carboxylic acids is 2. The van der Waals surface area contributed by atoms with E-state index in [4.69, 9.17) is 0 Å². The lowest BCUT2D eigenvalue weighted by molar-refractivity contribution is -0.121. The van der Waals surface area contributed by atoms with E-state index in [1.807, 2.05) is 9.80 Å². The van der Waals surface area contributed by atoms with Gasteiger partial charge in [0.1, 0.15) is 0 Å². The van der Waals surface area contributed by atoms with Crippen molar-refractivity contribution in [2.75, 3.05) is 25.0 Å². The van der Waals surface area contributed by atoms with E-state index in [0.717, 1.165) is 32.4 Å². The predicted octanol–water partition coefficient (Wildman–Crippen LogP) is 2.30. The third-order valence-corrected chi connectivity index (χ3v) is 5.93. The SMILES string of the molecule is O=C(Nc1cn[nH]c1)C1CCCN(C(=O)N2CCc3sccc3C2)C1. The number of aromatic amines is 1. The van der Waals surface area contributed by atoms with Crippen molar-refractivity contribution in [1.29, 1.82) is 0 Å². The van der Waals surface area contributed by atoms with Gasteiger partial charge < -0.3 is 15.1 Å². The Bertz CT molecular complexity index is 757. The van der Waals surface area contributed by atoms with Crippen LogP contribution in [-0.2, 0) is 17.8 Å². The minimum absolute atomic E-state index is 0.0438. The molecule has 7 nitrogen and oxygen atoms in total. The van der Waals surface area contributed by atoms with Gasteiger partial charge in [0.05, 0.1) is 17.8 Å². The number of anilines is 1. The van der Waals surface area contributed by atoms with E-state index in [9.17, 15) is 9.59 Å². The van der Waals surface area contributed by atoms with Crippen molar-refractivity contribution in [3.63, 3.8) is 0 Å². The Morgan fingerprint density at radius 3 is 3.08 bits per heavy atom. The highest BCUT2D eigenvalue weighted by molar-refractivity contribution is 7.10. The van der Waals surface area contributed by atoms with E-state index in [2.05, 4.69) is 27.0 Å². The highest BCUT2D eigenvalue weighted by atomic mass is 32.1. The zero-order valence-corrected chi connectivity index (χ0v) is 14.7. The fourth-order valence-electron chi connectivity index (χ4n) is 3.54. The highest BCUT2D eigenvalue weighted by Crippen LogP contribution is 2.26. The number of aromatic nitrogens is 2. The smallest absolute Gasteiger partial charge is 0.320 e. The van der Waals surface area contributed by atoms with Gasteiger partial charge in [-0.25, -0.2) is 4.79 Å². The molecule has 4 heterocycles. The number of carbonyl (C=O) groups is 2. The van der Waals surface area contributed by atoms with Gasteiger partial charge in [-0.2, -0.15) is 5.10 Å². The lowest BCUT2D eigenvalue weighted by Gasteiger charge is -2.37. The van der Waals surface area contributed by atoms with Crippen molar-refractivity contribution in [3.8, 4) is 0 Å². The lowest BCUT2D eigenvalue weighted by atomic mass is 9.97.